The van der Waals surface area contributed by atoms with E-state index in [9.17, 15) is 9.59 Å². The molecule has 1 aromatic heterocycles. The molecule has 0 aliphatic heterocycles. The van der Waals surface area contributed by atoms with E-state index < -0.39 is 23.7 Å². The normalized spacial score (nSPS) is 12.0. The molecule has 0 aliphatic rings. The van der Waals surface area contributed by atoms with Gasteiger partial charge in [0.15, 0.2) is 11.4 Å². The average Bonchev–Trinajstić information content (AvgIpc) is 2.65. The molecular formula is C21H27N3O5. The fourth-order valence-corrected chi connectivity index (χ4v) is 2.54. The van der Waals surface area contributed by atoms with Crippen molar-refractivity contribution in [2.75, 3.05) is 19.5 Å². The Labute approximate surface area is 170 Å². The highest BCUT2D eigenvalue weighted by atomic mass is 16.6. The smallest absolute Gasteiger partial charge is 0.408 e. The van der Waals surface area contributed by atoms with E-state index in [1.54, 1.807) is 26.8 Å². The number of nitrogen functional groups attached to an aromatic ring is 1. The number of anilines is 1. The van der Waals surface area contributed by atoms with Gasteiger partial charge in [0.1, 0.15) is 18.0 Å². The molecule has 0 aliphatic carbocycles. The van der Waals surface area contributed by atoms with Gasteiger partial charge in [-0.1, -0.05) is 30.3 Å². The average molecular weight is 401 g/mol. The van der Waals surface area contributed by atoms with E-state index in [4.69, 9.17) is 19.9 Å². The Kier molecular flexibility index (Phi) is 7.41. The Balaban J connectivity index is 2.15. The van der Waals surface area contributed by atoms with Gasteiger partial charge in [0.05, 0.1) is 13.2 Å². The Hall–Kier alpha value is -3.29. The molecule has 1 aromatic carbocycles. The van der Waals surface area contributed by atoms with Crippen LogP contribution in [0.15, 0.2) is 42.5 Å². The molecule has 1 heterocycles. The van der Waals surface area contributed by atoms with Crippen LogP contribution < -0.4 is 15.8 Å². The maximum absolute atomic E-state index is 12.2. The van der Waals surface area contributed by atoms with Crippen molar-refractivity contribution in [2.45, 2.75) is 38.8 Å². The summed E-state index contributed by atoms with van der Waals surface area (Å²) >= 11 is 0. The zero-order chi connectivity index (χ0) is 21.4. The first-order valence-electron chi connectivity index (χ1n) is 9.19. The van der Waals surface area contributed by atoms with Crippen LogP contribution in [0.4, 0.5) is 10.6 Å². The van der Waals surface area contributed by atoms with Gasteiger partial charge in [-0.05, 0) is 44.9 Å². The largest absolute Gasteiger partial charge is 0.489 e. The Bertz CT molecular complexity index is 834. The maximum Gasteiger partial charge on any atom is 0.408 e. The summed E-state index contributed by atoms with van der Waals surface area (Å²) in [5.41, 5.74) is 6.02. The minimum atomic E-state index is -0.660. The van der Waals surface area contributed by atoms with Crippen molar-refractivity contribution in [1.82, 2.24) is 10.3 Å². The summed E-state index contributed by atoms with van der Waals surface area (Å²) in [6, 6.07) is 12.3. The molecule has 2 aromatic rings. The molecule has 0 bridgehead atoms. The third-order valence-electron chi connectivity index (χ3n) is 3.74. The molecule has 1 amide bonds. The van der Waals surface area contributed by atoms with Gasteiger partial charge in [-0.15, -0.1) is 0 Å². The number of amides is 1. The first-order chi connectivity index (χ1) is 13.7. The Morgan fingerprint density at radius 2 is 1.83 bits per heavy atom. The first kappa shape index (κ1) is 22.0. The molecule has 0 saturated heterocycles. The first-order valence-corrected chi connectivity index (χ1v) is 9.19. The standard InChI is InChI=1S/C21H27N3O5/c1-21(2,3)29-20(26)23-15(12-14-8-6-5-7-9-14)13-28-16-10-11-17(22)24-18(16)19(25)27-4/h5-11,15H,12-13H2,1-4H3,(H2,22,24)(H,23,26)/t15-/m1/s1. The van der Waals surface area contributed by atoms with Crippen molar-refractivity contribution in [3.05, 3.63) is 53.7 Å². The zero-order valence-electron chi connectivity index (χ0n) is 17.1. The number of carbonyl (C=O) groups is 2. The van der Waals surface area contributed by atoms with Crippen molar-refractivity contribution in [1.29, 1.82) is 0 Å². The number of benzene rings is 1. The Morgan fingerprint density at radius 1 is 1.14 bits per heavy atom. The number of esters is 1. The van der Waals surface area contributed by atoms with Crippen molar-refractivity contribution in [3.8, 4) is 5.75 Å². The summed E-state index contributed by atoms with van der Waals surface area (Å²) in [6.45, 7) is 5.46. The second-order valence-electron chi connectivity index (χ2n) is 7.42. The molecule has 156 valence electrons. The van der Waals surface area contributed by atoms with Crippen LogP contribution in [0, 0.1) is 0 Å². The van der Waals surface area contributed by atoms with Gasteiger partial charge in [-0.3, -0.25) is 0 Å². The van der Waals surface area contributed by atoms with Crippen LogP contribution in [0.5, 0.6) is 5.75 Å². The molecule has 29 heavy (non-hydrogen) atoms. The van der Waals surface area contributed by atoms with Crippen molar-refractivity contribution < 1.29 is 23.8 Å². The van der Waals surface area contributed by atoms with Crippen LogP contribution >= 0.6 is 0 Å². The number of nitrogens with zero attached hydrogens (tertiary/aromatic N) is 1. The maximum atomic E-state index is 12.2. The number of ether oxygens (including phenoxy) is 3. The number of hydrogen-bond donors (Lipinski definition) is 2. The molecule has 1 atom stereocenters. The van der Waals surface area contributed by atoms with Crippen LogP contribution in [0.25, 0.3) is 0 Å². The van der Waals surface area contributed by atoms with Crippen LogP contribution in [0.2, 0.25) is 0 Å². The van der Waals surface area contributed by atoms with E-state index >= 15 is 0 Å². The van der Waals surface area contributed by atoms with Gasteiger partial charge in [-0.2, -0.15) is 0 Å². The quantitative estimate of drug-likeness (QED) is 0.686. The van der Waals surface area contributed by atoms with E-state index in [0.717, 1.165) is 5.56 Å². The molecule has 0 radical (unpaired) electrons. The van der Waals surface area contributed by atoms with Gasteiger partial charge >= 0.3 is 12.1 Å². The Morgan fingerprint density at radius 3 is 2.45 bits per heavy atom. The highest BCUT2D eigenvalue weighted by molar-refractivity contribution is 5.90. The molecule has 0 fully saturated rings. The topological polar surface area (TPSA) is 113 Å². The lowest BCUT2D eigenvalue weighted by molar-refractivity contribution is 0.0483. The van der Waals surface area contributed by atoms with E-state index in [-0.39, 0.29) is 23.9 Å². The van der Waals surface area contributed by atoms with Crippen LogP contribution in [0.1, 0.15) is 36.8 Å². The number of carbonyl (C=O) groups excluding carboxylic acids is 2. The lowest BCUT2D eigenvalue weighted by Gasteiger charge is -2.24. The molecule has 8 heteroatoms. The third kappa shape index (κ3) is 7.33. The number of hydrogen-bond acceptors (Lipinski definition) is 7. The predicted octanol–water partition coefficient (Wildman–Crippen LogP) is 2.97. The van der Waals surface area contributed by atoms with Crippen LogP contribution in [0.3, 0.4) is 0 Å². The number of nitrogens with one attached hydrogen (secondary N) is 1. The molecule has 3 N–H and O–H groups in total. The number of pyridine rings is 1. The predicted molar refractivity (Wildman–Crippen MR) is 109 cm³/mol. The third-order valence-corrected chi connectivity index (χ3v) is 3.74. The highest BCUT2D eigenvalue weighted by Crippen LogP contribution is 2.20. The molecule has 0 unspecified atom stereocenters. The molecule has 8 nitrogen and oxygen atoms in total. The highest BCUT2D eigenvalue weighted by Gasteiger charge is 2.22. The summed E-state index contributed by atoms with van der Waals surface area (Å²) in [5, 5.41) is 2.82. The van der Waals surface area contributed by atoms with Crippen molar-refractivity contribution in [3.63, 3.8) is 0 Å². The van der Waals surface area contributed by atoms with Crippen LogP contribution in [-0.4, -0.2) is 42.4 Å². The second kappa shape index (κ2) is 9.77. The monoisotopic (exact) mass is 401 g/mol. The van der Waals surface area contributed by atoms with Gasteiger partial charge in [0.25, 0.3) is 0 Å². The van der Waals surface area contributed by atoms with Gasteiger partial charge < -0.3 is 25.3 Å². The zero-order valence-corrected chi connectivity index (χ0v) is 17.1. The fraction of sp³-hybridized carbons (Fsp3) is 0.381. The summed E-state index contributed by atoms with van der Waals surface area (Å²) in [7, 11) is 1.25. The SMILES string of the molecule is COC(=O)c1nc(N)ccc1OC[C@@H](Cc1ccccc1)NC(=O)OC(C)(C)C. The second-order valence-corrected chi connectivity index (χ2v) is 7.42. The van der Waals surface area contributed by atoms with Crippen LogP contribution in [-0.2, 0) is 15.9 Å². The van der Waals surface area contributed by atoms with Crippen molar-refractivity contribution >= 4 is 17.9 Å². The number of nitrogens with two attached hydrogens (primary N) is 1. The van der Waals surface area contributed by atoms with Crippen molar-refractivity contribution in [2.24, 2.45) is 0 Å². The number of aromatic nitrogens is 1. The summed E-state index contributed by atoms with van der Waals surface area (Å²) in [6.07, 6.45) is -0.0404. The number of rotatable bonds is 7. The fourth-order valence-electron chi connectivity index (χ4n) is 2.54. The lowest BCUT2D eigenvalue weighted by atomic mass is 10.1. The van der Waals surface area contributed by atoms with E-state index in [1.165, 1.54) is 13.2 Å². The molecule has 0 saturated carbocycles. The van der Waals surface area contributed by atoms with E-state index in [2.05, 4.69) is 10.3 Å². The number of alkyl carbamates (subject to hydrolysis) is 1. The molecule has 2 rings (SSSR count). The van der Waals surface area contributed by atoms with Gasteiger partial charge in [0, 0.05) is 0 Å². The van der Waals surface area contributed by atoms with Gasteiger partial charge in [-0.25, -0.2) is 14.6 Å². The van der Waals surface area contributed by atoms with E-state index in [0.29, 0.717) is 6.42 Å². The number of methoxy groups -OCH3 is 1. The molecule has 0 spiro atoms. The van der Waals surface area contributed by atoms with E-state index in [1.807, 2.05) is 30.3 Å². The molecular weight excluding hydrogens is 374 g/mol. The minimum absolute atomic E-state index is 0.0248. The summed E-state index contributed by atoms with van der Waals surface area (Å²) in [4.78, 5) is 28.2. The lowest BCUT2D eigenvalue weighted by Crippen LogP contribution is -2.43. The summed E-state index contributed by atoms with van der Waals surface area (Å²) < 4.78 is 15.9. The summed E-state index contributed by atoms with van der Waals surface area (Å²) in [5.74, 6) is -0.271. The van der Waals surface area contributed by atoms with Gasteiger partial charge in [0.2, 0.25) is 0 Å². The minimum Gasteiger partial charge on any atom is -0.489 e.